The molecule has 2 heterocycles. The Kier molecular flexibility index (Phi) is 3.50. The Morgan fingerprint density at radius 3 is 3.16 bits per heavy atom. The number of hydrogen-bond acceptors (Lipinski definition) is 3. The number of amides is 1. The summed E-state index contributed by atoms with van der Waals surface area (Å²) in [6.45, 7) is 2.68. The molecule has 3 rings (SSSR count). The lowest BCUT2D eigenvalue weighted by atomic mass is 9.91. The highest BCUT2D eigenvalue weighted by Crippen LogP contribution is 2.31. The van der Waals surface area contributed by atoms with E-state index in [2.05, 4.69) is 32.2 Å². The monoisotopic (exact) mass is 323 g/mol. The number of fused-ring (bicyclic) bond motifs is 1. The van der Waals surface area contributed by atoms with Gasteiger partial charge in [-0.1, -0.05) is 12.1 Å². The Balaban J connectivity index is 1.79. The summed E-state index contributed by atoms with van der Waals surface area (Å²) in [6, 6.07) is 6.31. The van der Waals surface area contributed by atoms with Crippen LogP contribution in [0.1, 0.15) is 18.4 Å². The number of nitrogens with one attached hydrogen (secondary N) is 1. The molecule has 2 aliphatic rings. The molecule has 0 saturated carbocycles. The number of benzene rings is 1. The molecule has 0 radical (unpaired) electrons. The quantitative estimate of drug-likeness (QED) is 0.815. The summed E-state index contributed by atoms with van der Waals surface area (Å²) in [4.78, 5) is 14.2. The van der Waals surface area contributed by atoms with E-state index in [-0.39, 0.29) is 11.8 Å². The highest BCUT2D eigenvalue weighted by Gasteiger charge is 2.40. The predicted molar refractivity (Wildman–Crippen MR) is 78.5 cm³/mol. The Morgan fingerprint density at radius 1 is 1.47 bits per heavy atom. The van der Waals surface area contributed by atoms with Crippen LogP contribution in [0.5, 0.6) is 0 Å². The lowest BCUT2D eigenvalue weighted by Gasteiger charge is -2.36. The smallest absolute Gasteiger partial charge is 0.224 e. The molecule has 2 unspecified atom stereocenters. The average Bonchev–Trinajstić information content (AvgIpc) is 2.78. The lowest BCUT2D eigenvalue weighted by molar-refractivity contribution is -0.124. The van der Waals surface area contributed by atoms with Crippen molar-refractivity contribution in [1.82, 2.24) is 10.2 Å². The fourth-order valence-electron chi connectivity index (χ4n) is 3.18. The number of piperidine rings is 1. The van der Waals surface area contributed by atoms with Crippen LogP contribution in [0.4, 0.5) is 5.69 Å². The van der Waals surface area contributed by atoms with Gasteiger partial charge in [-0.2, -0.15) is 0 Å². The van der Waals surface area contributed by atoms with Crippen molar-refractivity contribution in [2.24, 2.45) is 5.92 Å². The first-order valence-electron chi connectivity index (χ1n) is 6.71. The molecule has 5 heteroatoms. The van der Waals surface area contributed by atoms with E-state index in [1.165, 1.54) is 5.56 Å². The van der Waals surface area contributed by atoms with Gasteiger partial charge in [0.25, 0.3) is 0 Å². The molecular formula is C14H18BrN3O. The van der Waals surface area contributed by atoms with Crippen LogP contribution >= 0.6 is 15.9 Å². The van der Waals surface area contributed by atoms with Crippen LogP contribution in [0, 0.1) is 5.92 Å². The molecule has 0 spiro atoms. The van der Waals surface area contributed by atoms with E-state index in [0.717, 1.165) is 42.6 Å². The Morgan fingerprint density at radius 2 is 2.32 bits per heavy atom. The van der Waals surface area contributed by atoms with Gasteiger partial charge in [0.05, 0.1) is 5.92 Å². The van der Waals surface area contributed by atoms with Gasteiger partial charge in [0.15, 0.2) is 0 Å². The fraction of sp³-hybridized carbons (Fsp3) is 0.500. The second-order valence-corrected chi connectivity index (χ2v) is 6.15. The van der Waals surface area contributed by atoms with Crippen molar-refractivity contribution >= 4 is 27.5 Å². The number of likely N-dealkylation sites (tertiary alicyclic amines) is 1. The summed E-state index contributed by atoms with van der Waals surface area (Å²) < 4.78 is 0.981. The van der Waals surface area contributed by atoms with Gasteiger partial charge in [0.2, 0.25) is 5.91 Å². The zero-order valence-corrected chi connectivity index (χ0v) is 12.3. The Hall–Kier alpha value is -1.07. The van der Waals surface area contributed by atoms with Crippen LogP contribution in [-0.2, 0) is 11.3 Å². The van der Waals surface area contributed by atoms with Gasteiger partial charge < -0.3 is 11.1 Å². The minimum atomic E-state index is 0.175. The van der Waals surface area contributed by atoms with Gasteiger partial charge in [-0.3, -0.25) is 9.69 Å². The molecule has 4 nitrogen and oxygen atoms in total. The molecule has 1 amide bonds. The van der Waals surface area contributed by atoms with Crippen molar-refractivity contribution < 1.29 is 4.79 Å². The van der Waals surface area contributed by atoms with Crippen molar-refractivity contribution in [3.63, 3.8) is 0 Å². The van der Waals surface area contributed by atoms with E-state index in [1.54, 1.807) is 0 Å². The molecule has 3 N–H and O–H groups in total. The van der Waals surface area contributed by atoms with E-state index in [0.29, 0.717) is 6.04 Å². The Bertz CT molecular complexity index is 505. The number of carbonyl (C=O) groups excluding carboxylic acids is 1. The van der Waals surface area contributed by atoms with Crippen molar-refractivity contribution in [3.8, 4) is 0 Å². The average molecular weight is 324 g/mol. The van der Waals surface area contributed by atoms with Gasteiger partial charge in [0.1, 0.15) is 0 Å². The van der Waals surface area contributed by atoms with E-state index >= 15 is 0 Å². The van der Waals surface area contributed by atoms with Crippen molar-refractivity contribution in [2.45, 2.75) is 25.4 Å². The molecular weight excluding hydrogens is 306 g/mol. The SMILES string of the molecule is Nc1cccc(CN2CCCC3C(=O)NCC32)c1Br. The molecule has 2 atom stereocenters. The zero-order valence-electron chi connectivity index (χ0n) is 10.7. The maximum Gasteiger partial charge on any atom is 0.224 e. The zero-order chi connectivity index (χ0) is 13.4. The number of nitrogens with two attached hydrogens (primary N) is 1. The van der Waals surface area contributed by atoms with E-state index in [1.807, 2.05) is 12.1 Å². The molecule has 1 aromatic carbocycles. The number of nitrogen functional groups attached to an aromatic ring is 1. The summed E-state index contributed by atoms with van der Waals surface area (Å²) in [5, 5.41) is 2.99. The first-order valence-corrected chi connectivity index (χ1v) is 7.51. The van der Waals surface area contributed by atoms with E-state index in [9.17, 15) is 4.79 Å². The van der Waals surface area contributed by atoms with Gasteiger partial charge in [-0.05, 0) is 46.9 Å². The van der Waals surface area contributed by atoms with Gasteiger partial charge in [0, 0.05) is 29.3 Å². The Labute approximate surface area is 121 Å². The third-order valence-corrected chi connectivity index (χ3v) is 5.17. The summed E-state index contributed by atoms with van der Waals surface area (Å²) in [5.41, 5.74) is 7.89. The second-order valence-electron chi connectivity index (χ2n) is 5.35. The summed E-state index contributed by atoms with van der Waals surface area (Å²) in [6.07, 6.45) is 2.11. The van der Waals surface area contributed by atoms with Gasteiger partial charge in [-0.25, -0.2) is 0 Å². The van der Waals surface area contributed by atoms with Crippen molar-refractivity contribution in [1.29, 1.82) is 0 Å². The topological polar surface area (TPSA) is 58.4 Å². The van der Waals surface area contributed by atoms with Gasteiger partial charge >= 0.3 is 0 Å². The minimum Gasteiger partial charge on any atom is -0.398 e. The molecule has 0 aliphatic carbocycles. The fourth-order valence-corrected chi connectivity index (χ4v) is 3.57. The van der Waals surface area contributed by atoms with Crippen LogP contribution < -0.4 is 11.1 Å². The minimum absolute atomic E-state index is 0.175. The number of carbonyl (C=O) groups is 1. The predicted octanol–water partition coefficient (Wildman–Crippen LogP) is 1.74. The van der Waals surface area contributed by atoms with Crippen LogP contribution in [0.15, 0.2) is 22.7 Å². The first kappa shape index (κ1) is 12.9. The van der Waals surface area contributed by atoms with Crippen molar-refractivity contribution in [2.75, 3.05) is 18.8 Å². The van der Waals surface area contributed by atoms with Crippen molar-refractivity contribution in [3.05, 3.63) is 28.2 Å². The number of halogens is 1. The summed E-state index contributed by atoms with van der Waals surface area (Å²) in [5.74, 6) is 0.398. The molecule has 2 saturated heterocycles. The number of nitrogens with zero attached hydrogens (tertiary/aromatic N) is 1. The van der Waals surface area contributed by atoms with E-state index in [4.69, 9.17) is 5.73 Å². The highest BCUT2D eigenvalue weighted by molar-refractivity contribution is 9.10. The molecule has 2 aliphatic heterocycles. The lowest BCUT2D eigenvalue weighted by Crippen LogP contribution is -2.44. The maximum absolute atomic E-state index is 11.8. The second kappa shape index (κ2) is 5.13. The van der Waals surface area contributed by atoms with Crippen LogP contribution in [0.2, 0.25) is 0 Å². The van der Waals surface area contributed by atoms with Crippen LogP contribution in [-0.4, -0.2) is 29.9 Å². The number of rotatable bonds is 2. The molecule has 102 valence electrons. The molecule has 1 aromatic rings. The third-order valence-electron chi connectivity index (χ3n) is 4.20. The maximum atomic E-state index is 11.8. The van der Waals surface area contributed by atoms with Gasteiger partial charge in [-0.15, -0.1) is 0 Å². The molecule has 2 fully saturated rings. The summed E-state index contributed by atoms with van der Waals surface area (Å²) in [7, 11) is 0. The molecule has 0 aromatic heterocycles. The molecule has 19 heavy (non-hydrogen) atoms. The molecule has 0 bridgehead atoms. The third kappa shape index (κ3) is 2.37. The largest absolute Gasteiger partial charge is 0.398 e. The standard InChI is InChI=1S/C14H18BrN3O/c15-13-9(3-1-5-11(13)16)8-18-6-2-4-10-12(18)7-17-14(10)19/h1,3,5,10,12H,2,4,6-8,16H2,(H,17,19). The van der Waals surface area contributed by atoms with Crippen LogP contribution in [0.3, 0.4) is 0 Å². The number of hydrogen-bond donors (Lipinski definition) is 2. The van der Waals surface area contributed by atoms with Crippen LogP contribution in [0.25, 0.3) is 0 Å². The first-order chi connectivity index (χ1) is 9.16. The summed E-state index contributed by atoms with van der Waals surface area (Å²) >= 11 is 3.56. The normalized spacial score (nSPS) is 27.1. The number of anilines is 1. The van der Waals surface area contributed by atoms with E-state index < -0.39 is 0 Å². The highest BCUT2D eigenvalue weighted by atomic mass is 79.9.